The molecule has 3 rings (SSSR count). The average molecular weight is 332 g/mol. The molecule has 2 aromatic rings. The van der Waals surface area contributed by atoms with E-state index in [0.29, 0.717) is 11.2 Å². The molecule has 2 atom stereocenters. The minimum absolute atomic E-state index is 0.133. The van der Waals surface area contributed by atoms with Crippen molar-refractivity contribution in [3.05, 3.63) is 53.1 Å². The predicted molar refractivity (Wildman–Crippen MR) is 92.0 cm³/mol. The zero-order chi connectivity index (χ0) is 16.1. The third-order valence-corrected chi connectivity index (χ3v) is 4.65. The normalized spacial score (nSPS) is 18.8. The first-order valence-corrected chi connectivity index (χ1v) is 8.53. The van der Waals surface area contributed by atoms with Crippen LogP contribution < -0.4 is 10.1 Å². The van der Waals surface area contributed by atoms with E-state index in [-0.39, 0.29) is 6.10 Å². The Kier molecular flexibility index (Phi) is 5.47. The van der Waals surface area contributed by atoms with E-state index in [1.165, 1.54) is 12.0 Å². The Morgan fingerprint density at radius 1 is 1.35 bits per heavy atom. The van der Waals surface area contributed by atoms with Crippen LogP contribution in [0.3, 0.4) is 0 Å². The van der Waals surface area contributed by atoms with Gasteiger partial charge in [0.25, 0.3) is 0 Å². The zero-order valence-corrected chi connectivity index (χ0v) is 14.1. The number of rotatable bonds is 6. The van der Waals surface area contributed by atoms with Gasteiger partial charge >= 0.3 is 0 Å². The van der Waals surface area contributed by atoms with Crippen molar-refractivity contribution in [3.8, 4) is 5.75 Å². The van der Waals surface area contributed by atoms with E-state index in [0.717, 1.165) is 37.1 Å². The van der Waals surface area contributed by atoms with Gasteiger partial charge in [-0.1, -0.05) is 11.6 Å². The molecule has 0 amide bonds. The second-order valence-electron chi connectivity index (χ2n) is 6.00. The van der Waals surface area contributed by atoms with Crippen molar-refractivity contribution in [1.82, 2.24) is 15.3 Å². The van der Waals surface area contributed by atoms with Crippen LogP contribution in [0.1, 0.15) is 30.9 Å². The SMILES string of the molecule is CC(Oc1cnc(Cl)c(CCc2ccncc2)c1)[C@H]1CCCN1. The molecule has 0 aromatic carbocycles. The molecule has 4 nitrogen and oxygen atoms in total. The molecule has 0 aliphatic carbocycles. The highest BCUT2D eigenvalue weighted by atomic mass is 35.5. The van der Waals surface area contributed by atoms with E-state index >= 15 is 0 Å². The van der Waals surface area contributed by atoms with Gasteiger partial charge in [0, 0.05) is 18.4 Å². The number of hydrogen-bond donors (Lipinski definition) is 1. The standard InChI is InChI=1S/C18H22ClN3O/c1-13(17-3-2-8-21-17)23-16-11-15(18(19)22-12-16)5-4-14-6-9-20-10-7-14/h6-7,9-13,17,21H,2-5,8H2,1H3/t13?,17-/m1/s1. The summed E-state index contributed by atoms with van der Waals surface area (Å²) in [6.07, 6.45) is 9.59. The van der Waals surface area contributed by atoms with Gasteiger partial charge in [-0.2, -0.15) is 0 Å². The number of aromatic nitrogens is 2. The van der Waals surface area contributed by atoms with Gasteiger partial charge in [0.15, 0.2) is 0 Å². The van der Waals surface area contributed by atoms with E-state index in [9.17, 15) is 0 Å². The van der Waals surface area contributed by atoms with E-state index in [4.69, 9.17) is 16.3 Å². The summed E-state index contributed by atoms with van der Waals surface area (Å²) in [5, 5.41) is 4.03. The van der Waals surface area contributed by atoms with Gasteiger partial charge in [-0.25, -0.2) is 4.98 Å². The fraction of sp³-hybridized carbons (Fsp3) is 0.444. The van der Waals surface area contributed by atoms with Gasteiger partial charge in [0.05, 0.1) is 6.20 Å². The minimum atomic E-state index is 0.133. The third-order valence-electron chi connectivity index (χ3n) is 4.31. The lowest BCUT2D eigenvalue weighted by Gasteiger charge is -2.21. The molecule has 2 aromatic heterocycles. The van der Waals surface area contributed by atoms with Crippen LogP contribution in [-0.4, -0.2) is 28.7 Å². The molecule has 5 heteroatoms. The van der Waals surface area contributed by atoms with Gasteiger partial charge in [0.2, 0.25) is 0 Å². The van der Waals surface area contributed by atoms with Crippen LogP contribution in [0.2, 0.25) is 5.15 Å². The highest BCUT2D eigenvalue weighted by molar-refractivity contribution is 6.30. The van der Waals surface area contributed by atoms with Crippen molar-refractivity contribution < 1.29 is 4.74 Å². The van der Waals surface area contributed by atoms with Crippen molar-refractivity contribution >= 4 is 11.6 Å². The fourth-order valence-electron chi connectivity index (χ4n) is 2.95. The van der Waals surface area contributed by atoms with Crippen LogP contribution >= 0.6 is 11.6 Å². The first-order chi connectivity index (χ1) is 11.2. The molecule has 122 valence electrons. The molecule has 23 heavy (non-hydrogen) atoms. The van der Waals surface area contributed by atoms with E-state index < -0.39 is 0 Å². The second kappa shape index (κ2) is 7.75. The molecule has 1 unspecified atom stereocenters. The van der Waals surface area contributed by atoms with Crippen LogP contribution in [0.25, 0.3) is 0 Å². The number of nitrogens with zero attached hydrogens (tertiary/aromatic N) is 2. The van der Waals surface area contributed by atoms with Gasteiger partial charge in [0.1, 0.15) is 17.0 Å². The van der Waals surface area contributed by atoms with Crippen molar-refractivity contribution in [3.63, 3.8) is 0 Å². The van der Waals surface area contributed by atoms with Crippen molar-refractivity contribution in [2.45, 2.75) is 44.8 Å². The van der Waals surface area contributed by atoms with Gasteiger partial charge in [-0.3, -0.25) is 4.98 Å². The van der Waals surface area contributed by atoms with E-state index in [1.54, 1.807) is 6.20 Å². The summed E-state index contributed by atoms with van der Waals surface area (Å²) in [6, 6.07) is 6.48. The molecular weight excluding hydrogens is 310 g/mol. The molecule has 0 saturated carbocycles. The monoisotopic (exact) mass is 331 g/mol. The molecule has 0 bridgehead atoms. The number of nitrogens with one attached hydrogen (secondary N) is 1. The van der Waals surface area contributed by atoms with Gasteiger partial charge in [-0.05, 0) is 68.5 Å². The summed E-state index contributed by atoms with van der Waals surface area (Å²) in [6.45, 7) is 3.18. The van der Waals surface area contributed by atoms with Crippen LogP contribution in [0.4, 0.5) is 0 Å². The molecule has 0 spiro atoms. The Morgan fingerprint density at radius 3 is 2.91 bits per heavy atom. The first-order valence-electron chi connectivity index (χ1n) is 8.16. The average Bonchev–Trinajstić information content (AvgIpc) is 3.11. The number of aryl methyl sites for hydroxylation is 2. The third kappa shape index (κ3) is 4.43. The van der Waals surface area contributed by atoms with Gasteiger partial charge < -0.3 is 10.1 Å². The fourth-order valence-corrected chi connectivity index (χ4v) is 3.15. The lowest BCUT2D eigenvalue weighted by atomic mass is 10.1. The maximum absolute atomic E-state index is 6.23. The minimum Gasteiger partial charge on any atom is -0.487 e. The largest absolute Gasteiger partial charge is 0.487 e. The van der Waals surface area contributed by atoms with Crippen LogP contribution in [-0.2, 0) is 12.8 Å². The van der Waals surface area contributed by atoms with Crippen LogP contribution in [0.5, 0.6) is 5.75 Å². The molecule has 1 fully saturated rings. The van der Waals surface area contributed by atoms with Crippen molar-refractivity contribution in [2.24, 2.45) is 0 Å². The van der Waals surface area contributed by atoms with Crippen LogP contribution in [0.15, 0.2) is 36.8 Å². The number of hydrogen-bond acceptors (Lipinski definition) is 4. The molecular formula is C18H22ClN3O. The Bertz CT molecular complexity index is 629. The number of pyridine rings is 2. The quantitative estimate of drug-likeness (QED) is 0.824. The summed E-state index contributed by atoms with van der Waals surface area (Å²) in [5.74, 6) is 0.792. The maximum atomic E-state index is 6.23. The zero-order valence-electron chi connectivity index (χ0n) is 13.3. The van der Waals surface area contributed by atoms with E-state index in [1.807, 2.05) is 30.6 Å². The highest BCUT2D eigenvalue weighted by Crippen LogP contribution is 2.23. The lowest BCUT2D eigenvalue weighted by Crippen LogP contribution is -2.36. The molecule has 3 heterocycles. The molecule has 1 saturated heterocycles. The summed E-state index contributed by atoms with van der Waals surface area (Å²) >= 11 is 6.23. The molecule has 1 aliphatic heterocycles. The molecule has 1 aliphatic rings. The summed E-state index contributed by atoms with van der Waals surface area (Å²) in [5.41, 5.74) is 2.26. The molecule has 1 N–H and O–H groups in total. The highest BCUT2D eigenvalue weighted by Gasteiger charge is 2.22. The van der Waals surface area contributed by atoms with Crippen molar-refractivity contribution in [1.29, 1.82) is 0 Å². The smallest absolute Gasteiger partial charge is 0.138 e. The lowest BCUT2D eigenvalue weighted by molar-refractivity contribution is 0.179. The number of ether oxygens (including phenoxy) is 1. The van der Waals surface area contributed by atoms with Crippen LogP contribution in [0, 0.1) is 0 Å². The Balaban J connectivity index is 1.64. The maximum Gasteiger partial charge on any atom is 0.138 e. The summed E-state index contributed by atoms with van der Waals surface area (Å²) < 4.78 is 6.05. The summed E-state index contributed by atoms with van der Waals surface area (Å²) in [7, 11) is 0. The predicted octanol–water partition coefficient (Wildman–Crippen LogP) is 3.43. The first kappa shape index (κ1) is 16.2. The van der Waals surface area contributed by atoms with E-state index in [2.05, 4.69) is 22.2 Å². The summed E-state index contributed by atoms with van der Waals surface area (Å²) in [4.78, 5) is 8.32. The number of halogens is 1. The Morgan fingerprint density at radius 2 is 2.17 bits per heavy atom. The molecule has 0 radical (unpaired) electrons. The topological polar surface area (TPSA) is 47.0 Å². The van der Waals surface area contributed by atoms with Crippen molar-refractivity contribution in [2.75, 3.05) is 6.54 Å². The van der Waals surface area contributed by atoms with Gasteiger partial charge in [-0.15, -0.1) is 0 Å². The Labute approximate surface area is 142 Å². The second-order valence-corrected chi connectivity index (χ2v) is 6.36. The Hall–Kier alpha value is -1.65.